The first kappa shape index (κ1) is 35.9. The van der Waals surface area contributed by atoms with Gasteiger partial charge in [0.1, 0.15) is 41.4 Å². The molecular weight excluding hydrogens is 699 g/mol. The summed E-state index contributed by atoms with van der Waals surface area (Å²) in [7, 11) is 1.50. The highest BCUT2D eigenvalue weighted by molar-refractivity contribution is 6.04. The van der Waals surface area contributed by atoms with Crippen molar-refractivity contribution in [3.8, 4) is 23.0 Å². The van der Waals surface area contributed by atoms with Crippen molar-refractivity contribution in [2.24, 2.45) is 5.92 Å². The fourth-order valence-electron chi connectivity index (χ4n) is 8.46. The molecule has 6 heterocycles. The van der Waals surface area contributed by atoms with E-state index in [0.717, 1.165) is 32.2 Å². The number of hydrogen-bond donors (Lipinski definition) is 0. The van der Waals surface area contributed by atoms with Crippen molar-refractivity contribution >= 4 is 33.6 Å². The number of alkyl halides is 1. The monoisotopic (exact) mass is 741 g/mol. The molecule has 3 aliphatic rings. The summed E-state index contributed by atoms with van der Waals surface area (Å²) in [6.45, 7) is 10.1. The molecule has 14 heteroatoms. The zero-order chi connectivity index (χ0) is 37.4. The minimum Gasteiger partial charge on any atom is -0.468 e. The van der Waals surface area contributed by atoms with Crippen molar-refractivity contribution < 1.29 is 31.9 Å². The molecule has 0 radical (unpaired) electrons. The van der Waals surface area contributed by atoms with E-state index in [1.54, 1.807) is 30.5 Å². The lowest BCUT2D eigenvalue weighted by Crippen LogP contribution is -2.43. The second-order valence-electron chi connectivity index (χ2n) is 14.4. The number of fused-ring (bicyclic) bond motifs is 3. The maximum absolute atomic E-state index is 17.3. The average molecular weight is 742 g/mol. The van der Waals surface area contributed by atoms with Gasteiger partial charge in [0, 0.05) is 68.7 Å². The Morgan fingerprint density at radius 1 is 1.07 bits per heavy atom. The first-order valence-electron chi connectivity index (χ1n) is 18.4. The third-order valence-electron chi connectivity index (χ3n) is 10.9. The number of hydrogen-bond acceptors (Lipinski definition) is 11. The molecule has 3 saturated heterocycles. The van der Waals surface area contributed by atoms with E-state index >= 15 is 8.78 Å². The van der Waals surface area contributed by atoms with Crippen LogP contribution in [-0.4, -0.2) is 88.4 Å². The predicted molar refractivity (Wildman–Crippen MR) is 198 cm³/mol. The van der Waals surface area contributed by atoms with Gasteiger partial charge in [-0.3, -0.25) is 9.88 Å². The highest BCUT2D eigenvalue weighted by atomic mass is 19.1. The van der Waals surface area contributed by atoms with Crippen LogP contribution in [-0.2, 0) is 17.6 Å². The summed E-state index contributed by atoms with van der Waals surface area (Å²) in [6.07, 6.45) is 8.73. The SMILES string of the molecule is C=CCc1nc(CC2CCCN(c3nc(OC[C@@]45CCCN4C[C@H](F)C5)nc4c(F)c(-c5cc(OCOC)cc6ccc(F)c(C=C)c56)ncc34)C2)no1. The lowest BCUT2D eigenvalue weighted by atomic mass is 9.94. The Morgan fingerprint density at radius 3 is 2.80 bits per heavy atom. The topological polar surface area (TPSA) is 112 Å². The molecule has 54 heavy (non-hydrogen) atoms. The van der Waals surface area contributed by atoms with Crippen molar-refractivity contribution in [2.75, 3.05) is 51.6 Å². The number of anilines is 1. The van der Waals surface area contributed by atoms with Gasteiger partial charge in [-0.2, -0.15) is 15.0 Å². The number of rotatable bonds is 13. The van der Waals surface area contributed by atoms with Crippen molar-refractivity contribution in [3.05, 3.63) is 78.6 Å². The summed E-state index contributed by atoms with van der Waals surface area (Å²) in [4.78, 5) is 22.9. The van der Waals surface area contributed by atoms with Gasteiger partial charge in [-0.15, -0.1) is 6.58 Å². The number of allylic oxidation sites excluding steroid dienone is 1. The third kappa shape index (κ3) is 6.77. The summed E-state index contributed by atoms with van der Waals surface area (Å²) < 4.78 is 69.7. The molecule has 0 N–H and O–H groups in total. The zero-order valence-corrected chi connectivity index (χ0v) is 30.2. The Balaban J connectivity index is 1.22. The van der Waals surface area contributed by atoms with Crippen molar-refractivity contribution in [3.63, 3.8) is 0 Å². The Morgan fingerprint density at radius 2 is 1.96 bits per heavy atom. The maximum atomic E-state index is 17.3. The van der Waals surface area contributed by atoms with Gasteiger partial charge >= 0.3 is 6.01 Å². The Hall–Kier alpha value is -5.08. The van der Waals surface area contributed by atoms with Crippen LogP contribution in [0.25, 0.3) is 39.0 Å². The number of ether oxygens (including phenoxy) is 3. The molecule has 3 aliphatic heterocycles. The largest absolute Gasteiger partial charge is 0.468 e. The van der Waals surface area contributed by atoms with E-state index < -0.39 is 23.3 Å². The Bertz CT molecular complexity index is 2220. The molecule has 0 spiro atoms. The fraction of sp³-hybridized carbons (Fsp3) is 0.425. The van der Waals surface area contributed by atoms with Crippen molar-refractivity contribution in [2.45, 2.75) is 56.7 Å². The normalized spacial score (nSPS) is 21.5. The second-order valence-corrected chi connectivity index (χ2v) is 14.4. The van der Waals surface area contributed by atoms with E-state index in [9.17, 15) is 4.39 Å². The number of piperidine rings is 1. The van der Waals surface area contributed by atoms with Crippen LogP contribution in [0.4, 0.5) is 19.0 Å². The zero-order valence-electron chi connectivity index (χ0n) is 30.2. The van der Waals surface area contributed by atoms with Crippen molar-refractivity contribution in [1.82, 2.24) is 30.0 Å². The van der Waals surface area contributed by atoms with Gasteiger partial charge in [-0.25, -0.2) is 13.2 Å². The molecule has 0 amide bonds. The average Bonchev–Trinajstić information content (AvgIpc) is 3.87. The van der Waals surface area contributed by atoms with Crippen LogP contribution >= 0.6 is 0 Å². The summed E-state index contributed by atoms with van der Waals surface area (Å²) in [5, 5.41) is 5.58. The Kier molecular flexibility index (Phi) is 9.97. The molecule has 0 saturated carbocycles. The van der Waals surface area contributed by atoms with Crippen molar-refractivity contribution in [1.29, 1.82) is 0 Å². The minimum atomic E-state index is -0.936. The van der Waals surface area contributed by atoms with Gasteiger partial charge in [0.15, 0.2) is 18.4 Å². The van der Waals surface area contributed by atoms with E-state index in [-0.39, 0.29) is 42.1 Å². The molecule has 5 aromatic rings. The van der Waals surface area contributed by atoms with Crippen LogP contribution in [0, 0.1) is 17.6 Å². The number of aromatic nitrogens is 5. The molecule has 0 bridgehead atoms. The summed E-state index contributed by atoms with van der Waals surface area (Å²) in [6, 6.07) is 6.27. The number of methoxy groups -OCH3 is 1. The van der Waals surface area contributed by atoms with Crippen LogP contribution in [0.1, 0.15) is 49.4 Å². The molecular formula is C40H42F3N7O4. The van der Waals surface area contributed by atoms with Gasteiger partial charge in [0.25, 0.3) is 0 Å². The molecule has 8 rings (SSSR count). The van der Waals surface area contributed by atoms with E-state index in [1.807, 2.05) is 0 Å². The minimum absolute atomic E-state index is 0.00199. The van der Waals surface area contributed by atoms with E-state index in [2.05, 4.69) is 43.1 Å². The second kappa shape index (κ2) is 15.0. The number of halogens is 3. The van der Waals surface area contributed by atoms with E-state index in [4.69, 9.17) is 23.7 Å². The van der Waals surface area contributed by atoms with Crippen LogP contribution in [0.3, 0.4) is 0 Å². The first-order valence-corrected chi connectivity index (χ1v) is 18.4. The van der Waals surface area contributed by atoms with E-state index in [1.165, 1.54) is 19.3 Å². The molecule has 1 unspecified atom stereocenters. The van der Waals surface area contributed by atoms with Crippen LogP contribution in [0.2, 0.25) is 0 Å². The fourth-order valence-corrected chi connectivity index (χ4v) is 8.46. The maximum Gasteiger partial charge on any atom is 0.319 e. The number of pyridine rings is 1. The molecule has 3 fully saturated rings. The molecule has 3 atom stereocenters. The van der Waals surface area contributed by atoms with Gasteiger partial charge in [0.05, 0.1) is 10.9 Å². The summed E-state index contributed by atoms with van der Waals surface area (Å²) >= 11 is 0. The Labute approximate surface area is 310 Å². The smallest absolute Gasteiger partial charge is 0.319 e. The highest BCUT2D eigenvalue weighted by Crippen LogP contribution is 2.42. The summed E-state index contributed by atoms with van der Waals surface area (Å²) in [5.74, 6) is 0.927. The molecule has 282 valence electrons. The van der Waals surface area contributed by atoms with E-state index in [0.29, 0.717) is 83.9 Å². The summed E-state index contributed by atoms with van der Waals surface area (Å²) in [5.41, 5.74) is -0.0182. The lowest BCUT2D eigenvalue weighted by molar-refractivity contribution is 0.0512. The van der Waals surface area contributed by atoms with Gasteiger partial charge in [0.2, 0.25) is 5.89 Å². The van der Waals surface area contributed by atoms with Crippen LogP contribution in [0.5, 0.6) is 11.8 Å². The van der Waals surface area contributed by atoms with Gasteiger partial charge in [-0.05, 0) is 61.7 Å². The molecule has 11 nitrogen and oxygen atoms in total. The number of nitrogens with zero attached hydrogens (tertiary/aromatic N) is 7. The molecule has 2 aromatic carbocycles. The quantitative estimate of drug-likeness (QED) is 0.0897. The number of benzene rings is 2. The standard InChI is InChI=1S/C40H42F3N7O4/c1-4-8-33-45-32(48-54-33)15-24-9-6-13-49(20-24)38-30-19-44-36(29-17-27(53-23-51-3)16-25-10-11-31(42)28(5-2)34(25)29)35(43)37(30)46-39(47-38)52-22-40-12-7-14-50(40)21-26(41)18-40/h4-5,10-11,16-17,19,24,26H,1-2,6-9,12-15,18,20-23H2,3H3/t24?,26-,40+/m1/s1. The molecule has 0 aliphatic carbocycles. The first-order chi connectivity index (χ1) is 26.3. The molecule has 3 aromatic heterocycles. The lowest BCUT2D eigenvalue weighted by Gasteiger charge is -2.34. The predicted octanol–water partition coefficient (Wildman–Crippen LogP) is 7.27. The van der Waals surface area contributed by atoms with Gasteiger partial charge in [-0.1, -0.05) is 30.0 Å². The third-order valence-corrected chi connectivity index (χ3v) is 10.9. The highest BCUT2D eigenvalue weighted by Gasteiger charge is 2.49. The van der Waals surface area contributed by atoms with Crippen LogP contribution < -0.4 is 14.4 Å². The van der Waals surface area contributed by atoms with Gasteiger partial charge < -0.3 is 23.6 Å². The van der Waals surface area contributed by atoms with Crippen LogP contribution in [0.15, 0.2) is 54.2 Å².